The molecule has 3 N–H and O–H groups in total. The van der Waals surface area contributed by atoms with E-state index in [-0.39, 0.29) is 6.10 Å². The Labute approximate surface area is 97.0 Å². The van der Waals surface area contributed by atoms with Crippen molar-refractivity contribution in [1.29, 1.82) is 0 Å². The van der Waals surface area contributed by atoms with Crippen LogP contribution in [0.1, 0.15) is 30.9 Å². The summed E-state index contributed by atoms with van der Waals surface area (Å²) >= 11 is 0. The van der Waals surface area contributed by atoms with Crippen molar-refractivity contribution < 1.29 is 4.74 Å². The van der Waals surface area contributed by atoms with Gasteiger partial charge < -0.3 is 4.74 Å². The number of ether oxygens (including phenoxy) is 1. The third kappa shape index (κ3) is 2.54. The fraction of sp³-hybridized carbons (Fsp3) is 0.538. The largest absolute Gasteiger partial charge is 0.489 e. The second-order valence-electron chi connectivity index (χ2n) is 4.44. The highest BCUT2D eigenvalue weighted by Gasteiger charge is 2.15. The first-order valence-corrected chi connectivity index (χ1v) is 6.02. The van der Waals surface area contributed by atoms with Crippen molar-refractivity contribution in [2.75, 3.05) is 6.54 Å². The monoisotopic (exact) mass is 220 g/mol. The zero-order valence-electron chi connectivity index (χ0n) is 9.83. The highest BCUT2D eigenvalue weighted by molar-refractivity contribution is 5.41. The van der Waals surface area contributed by atoms with Gasteiger partial charge in [-0.3, -0.25) is 11.3 Å². The lowest BCUT2D eigenvalue weighted by atomic mass is 9.91. The lowest BCUT2D eigenvalue weighted by molar-refractivity contribution is 0.215. The summed E-state index contributed by atoms with van der Waals surface area (Å²) in [7, 11) is 0. The molecule has 88 valence electrons. The number of benzene rings is 1. The first-order valence-electron chi connectivity index (χ1n) is 6.02. The van der Waals surface area contributed by atoms with Gasteiger partial charge in [0.1, 0.15) is 11.9 Å². The molecule has 0 aromatic heterocycles. The van der Waals surface area contributed by atoms with E-state index in [0.29, 0.717) is 6.54 Å². The molecule has 0 heterocycles. The third-order valence-corrected chi connectivity index (χ3v) is 3.09. The van der Waals surface area contributed by atoms with Crippen LogP contribution in [0.2, 0.25) is 0 Å². The normalized spacial score (nSPS) is 16.6. The van der Waals surface area contributed by atoms with Crippen molar-refractivity contribution in [2.45, 2.75) is 38.7 Å². The second-order valence-corrected chi connectivity index (χ2v) is 4.44. The Morgan fingerprint density at radius 1 is 1.38 bits per heavy atom. The van der Waals surface area contributed by atoms with E-state index in [0.717, 1.165) is 12.2 Å². The molecule has 0 aliphatic heterocycles. The van der Waals surface area contributed by atoms with Gasteiger partial charge in [0.25, 0.3) is 0 Å². The van der Waals surface area contributed by atoms with Crippen LogP contribution >= 0.6 is 0 Å². The molecule has 0 spiro atoms. The maximum absolute atomic E-state index is 5.91. The quantitative estimate of drug-likeness (QED) is 0.601. The Morgan fingerprint density at radius 2 is 2.19 bits per heavy atom. The molecule has 0 saturated heterocycles. The second kappa shape index (κ2) is 5.32. The number of nitrogens with one attached hydrogen (secondary N) is 1. The number of hydrogen-bond acceptors (Lipinski definition) is 3. The zero-order valence-corrected chi connectivity index (χ0v) is 9.83. The Bertz CT molecular complexity index is 352. The van der Waals surface area contributed by atoms with Gasteiger partial charge in [-0.15, -0.1) is 0 Å². The Hall–Kier alpha value is -1.06. The Morgan fingerprint density at radius 3 is 3.00 bits per heavy atom. The van der Waals surface area contributed by atoms with E-state index in [9.17, 15) is 0 Å². The molecule has 2 rings (SSSR count). The summed E-state index contributed by atoms with van der Waals surface area (Å²) in [6.45, 7) is 2.70. The molecule has 0 amide bonds. The van der Waals surface area contributed by atoms with E-state index in [1.54, 1.807) is 0 Å². The summed E-state index contributed by atoms with van der Waals surface area (Å²) in [5.41, 5.74) is 5.50. The van der Waals surface area contributed by atoms with Crippen LogP contribution in [-0.2, 0) is 12.8 Å². The molecule has 1 aromatic carbocycles. The van der Waals surface area contributed by atoms with Crippen molar-refractivity contribution in [3.05, 3.63) is 29.3 Å². The highest BCUT2D eigenvalue weighted by Crippen LogP contribution is 2.29. The Kier molecular flexibility index (Phi) is 3.80. The number of aryl methyl sites for hydroxylation is 1. The van der Waals surface area contributed by atoms with E-state index in [1.807, 2.05) is 6.92 Å². The summed E-state index contributed by atoms with van der Waals surface area (Å²) in [5, 5.41) is 0. The number of fused-ring (bicyclic) bond motifs is 1. The zero-order chi connectivity index (χ0) is 11.4. The summed E-state index contributed by atoms with van der Waals surface area (Å²) in [5.74, 6) is 6.33. The van der Waals surface area contributed by atoms with Gasteiger partial charge >= 0.3 is 0 Å². The minimum Gasteiger partial charge on any atom is -0.489 e. The van der Waals surface area contributed by atoms with E-state index in [1.165, 1.54) is 30.4 Å². The summed E-state index contributed by atoms with van der Waals surface area (Å²) in [4.78, 5) is 0. The standard InChI is InChI=1S/C13H20N2O/c1-10(9-15-14)16-13-8-4-6-11-5-2-3-7-12(11)13/h4,6,8,10,15H,2-3,5,7,9,14H2,1H3. The molecule has 16 heavy (non-hydrogen) atoms. The van der Waals surface area contributed by atoms with Crippen molar-refractivity contribution in [1.82, 2.24) is 5.43 Å². The minimum absolute atomic E-state index is 0.110. The number of hydrazine groups is 1. The molecular weight excluding hydrogens is 200 g/mol. The molecule has 3 heteroatoms. The molecular formula is C13H20N2O. The van der Waals surface area contributed by atoms with E-state index < -0.39 is 0 Å². The van der Waals surface area contributed by atoms with Crippen LogP contribution in [0.4, 0.5) is 0 Å². The predicted molar refractivity (Wildman–Crippen MR) is 65.4 cm³/mol. The fourth-order valence-electron chi connectivity index (χ4n) is 2.28. The van der Waals surface area contributed by atoms with Gasteiger partial charge in [0.05, 0.1) is 0 Å². The third-order valence-electron chi connectivity index (χ3n) is 3.09. The molecule has 1 atom stereocenters. The van der Waals surface area contributed by atoms with Crippen LogP contribution in [0.3, 0.4) is 0 Å². The van der Waals surface area contributed by atoms with Crippen molar-refractivity contribution in [3.63, 3.8) is 0 Å². The van der Waals surface area contributed by atoms with Gasteiger partial charge in [0.2, 0.25) is 0 Å². The molecule has 1 aliphatic rings. The van der Waals surface area contributed by atoms with Crippen LogP contribution in [0.5, 0.6) is 5.75 Å². The number of rotatable bonds is 4. The van der Waals surface area contributed by atoms with Gasteiger partial charge in [-0.25, -0.2) is 0 Å². The van der Waals surface area contributed by atoms with E-state index >= 15 is 0 Å². The predicted octanol–water partition coefficient (Wildman–Crippen LogP) is 1.80. The first kappa shape index (κ1) is 11.4. The molecule has 3 nitrogen and oxygen atoms in total. The molecule has 0 bridgehead atoms. The summed E-state index contributed by atoms with van der Waals surface area (Å²) in [6, 6.07) is 6.37. The Balaban J connectivity index is 2.14. The van der Waals surface area contributed by atoms with Crippen LogP contribution in [-0.4, -0.2) is 12.6 Å². The molecule has 0 fully saturated rings. The average Bonchev–Trinajstić information content (AvgIpc) is 2.30. The van der Waals surface area contributed by atoms with Crippen molar-refractivity contribution in [3.8, 4) is 5.75 Å². The van der Waals surface area contributed by atoms with Crippen LogP contribution < -0.4 is 16.0 Å². The minimum atomic E-state index is 0.110. The number of nitrogens with two attached hydrogens (primary N) is 1. The SMILES string of the molecule is CC(CNN)Oc1cccc2c1CCCC2. The first-order chi connectivity index (χ1) is 7.81. The van der Waals surface area contributed by atoms with Gasteiger partial charge in [0, 0.05) is 6.54 Å². The number of hydrogen-bond donors (Lipinski definition) is 2. The van der Waals surface area contributed by atoms with Gasteiger partial charge in [-0.2, -0.15) is 0 Å². The van der Waals surface area contributed by atoms with Crippen LogP contribution in [0.25, 0.3) is 0 Å². The maximum Gasteiger partial charge on any atom is 0.123 e. The van der Waals surface area contributed by atoms with Gasteiger partial charge in [-0.1, -0.05) is 12.1 Å². The molecule has 1 aliphatic carbocycles. The summed E-state index contributed by atoms with van der Waals surface area (Å²) in [6.07, 6.45) is 5.02. The van der Waals surface area contributed by atoms with Gasteiger partial charge in [0.15, 0.2) is 0 Å². The van der Waals surface area contributed by atoms with Crippen LogP contribution in [0.15, 0.2) is 18.2 Å². The molecule has 0 radical (unpaired) electrons. The smallest absolute Gasteiger partial charge is 0.123 e. The highest BCUT2D eigenvalue weighted by atomic mass is 16.5. The van der Waals surface area contributed by atoms with E-state index in [2.05, 4.69) is 23.6 Å². The summed E-state index contributed by atoms with van der Waals surface area (Å²) < 4.78 is 5.91. The van der Waals surface area contributed by atoms with Gasteiger partial charge in [-0.05, 0) is 49.8 Å². The van der Waals surface area contributed by atoms with E-state index in [4.69, 9.17) is 10.6 Å². The lowest BCUT2D eigenvalue weighted by Crippen LogP contribution is -2.33. The topological polar surface area (TPSA) is 47.3 Å². The molecule has 1 unspecified atom stereocenters. The fourth-order valence-corrected chi connectivity index (χ4v) is 2.28. The maximum atomic E-state index is 5.91. The lowest BCUT2D eigenvalue weighted by Gasteiger charge is -2.22. The van der Waals surface area contributed by atoms with Crippen LogP contribution in [0, 0.1) is 0 Å². The average molecular weight is 220 g/mol. The molecule has 0 saturated carbocycles. The molecule has 1 aromatic rings. The van der Waals surface area contributed by atoms with Crippen molar-refractivity contribution >= 4 is 0 Å². The van der Waals surface area contributed by atoms with Crippen molar-refractivity contribution in [2.24, 2.45) is 5.84 Å².